The van der Waals surface area contributed by atoms with E-state index in [1.165, 1.54) is 0 Å². The number of benzene rings is 1. The molecule has 0 aromatic heterocycles. The fraction of sp³-hybridized carbons (Fsp3) is 0.429. The number of nitrogens with two attached hydrogens (primary N) is 1. The highest BCUT2D eigenvalue weighted by molar-refractivity contribution is 7.84. The molecule has 2 unspecified atom stereocenters. The Bertz CT molecular complexity index is 419. The van der Waals surface area contributed by atoms with Gasteiger partial charge in [-0.3, -0.25) is 5.14 Å². The Morgan fingerprint density at radius 2 is 2.00 bits per heavy atom. The largest absolute Gasteiger partial charge is 0.251 e. The van der Waals surface area contributed by atoms with Gasteiger partial charge in [-0.05, 0) is 25.8 Å². The highest BCUT2D eigenvalue weighted by Gasteiger charge is 2.31. The first kappa shape index (κ1) is 15.1. The van der Waals surface area contributed by atoms with Gasteiger partial charge in [-0.2, -0.15) is 0 Å². The van der Waals surface area contributed by atoms with E-state index in [1.807, 2.05) is 6.07 Å². The van der Waals surface area contributed by atoms with Crippen molar-refractivity contribution >= 4 is 11.0 Å². The van der Waals surface area contributed by atoms with Gasteiger partial charge in [-0.1, -0.05) is 36.4 Å². The molecule has 4 heteroatoms. The molecular weight excluding hydrogens is 249 g/mol. The van der Waals surface area contributed by atoms with Gasteiger partial charge in [0.1, 0.15) is 6.17 Å². The molecule has 0 bridgehead atoms. The molecule has 0 amide bonds. The fourth-order valence-electron chi connectivity index (χ4n) is 1.84. The van der Waals surface area contributed by atoms with Crippen LogP contribution >= 0.6 is 0 Å². The van der Waals surface area contributed by atoms with E-state index in [0.717, 1.165) is 0 Å². The van der Waals surface area contributed by atoms with Gasteiger partial charge in [-0.25, -0.2) is 8.60 Å². The number of halogens is 1. The lowest BCUT2D eigenvalue weighted by Crippen LogP contribution is -2.34. The van der Waals surface area contributed by atoms with Crippen molar-refractivity contribution in [3.63, 3.8) is 0 Å². The third-order valence-electron chi connectivity index (χ3n) is 3.07. The Kier molecular flexibility index (Phi) is 5.23. The monoisotopic (exact) mass is 269 g/mol. The lowest BCUT2D eigenvalue weighted by Gasteiger charge is -2.27. The Labute approximate surface area is 111 Å². The number of alkyl halides is 1. The van der Waals surface area contributed by atoms with Gasteiger partial charge < -0.3 is 0 Å². The maximum Gasteiger partial charge on any atom is 0.131 e. The van der Waals surface area contributed by atoms with Crippen LogP contribution in [-0.2, 0) is 11.0 Å². The van der Waals surface area contributed by atoms with Crippen LogP contribution in [0.3, 0.4) is 0 Å². The molecule has 2 nitrogen and oxygen atoms in total. The second-order valence-electron chi connectivity index (χ2n) is 4.97. The molecule has 100 valence electrons. The summed E-state index contributed by atoms with van der Waals surface area (Å²) in [6.07, 6.45) is 0.827. The summed E-state index contributed by atoms with van der Waals surface area (Å²) in [7, 11) is -1.49. The second-order valence-corrected chi connectivity index (χ2v) is 6.67. The van der Waals surface area contributed by atoms with E-state index in [4.69, 9.17) is 5.14 Å². The van der Waals surface area contributed by atoms with Crippen molar-refractivity contribution < 1.29 is 8.60 Å². The smallest absolute Gasteiger partial charge is 0.131 e. The van der Waals surface area contributed by atoms with Crippen molar-refractivity contribution in [2.24, 2.45) is 11.1 Å². The predicted molar refractivity (Wildman–Crippen MR) is 75.0 cm³/mol. The quantitative estimate of drug-likeness (QED) is 0.791. The molecule has 1 aromatic carbocycles. The molecule has 3 atom stereocenters. The van der Waals surface area contributed by atoms with Crippen LogP contribution in [0.5, 0.6) is 0 Å². The minimum atomic E-state index is -1.49. The molecule has 0 heterocycles. The summed E-state index contributed by atoms with van der Waals surface area (Å²) < 4.78 is 25.2. The standard InChI is InChI=1S/C14H20FNOS/c1-4-11(10-14(2,3)18(16)17)13(15)12-8-6-5-7-9-12/h4-9,11,13H,1,10,16H2,2-3H3/t11?,13-,18?/m1/s1. The average molecular weight is 269 g/mol. The second kappa shape index (κ2) is 6.25. The third-order valence-corrected chi connectivity index (χ3v) is 4.32. The molecule has 1 aromatic rings. The fourth-order valence-corrected chi connectivity index (χ4v) is 2.20. The average Bonchev–Trinajstić information content (AvgIpc) is 2.36. The molecule has 0 saturated heterocycles. The first-order chi connectivity index (χ1) is 8.38. The van der Waals surface area contributed by atoms with E-state index in [2.05, 4.69) is 6.58 Å². The van der Waals surface area contributed by atoms with Crippen LogP contribution in [0.1, 0.15) is 32.0 Å². The van der Waals surface area contributed by atoms with Crippen molar-refractivity contribution in [1.82, 2.24) is 0 Å². The normalized spacial score (nSPS) is 16.9. The maximum atomic E-state index is 14.4. The van der Waals surface area contributed by atoms with E-state index in [1.54, 1.807) is 44.2 Å². The van der Waals surface area contributed by atoms with E-state index in [-0.39, 0.29) is 0 Å². The summed E-state index contributed by atoms with van der Waals surface area (Å²) in [5.41, 5.74) is 0.612. The van der Waals surface area contributed by atoms with Gasteiger partial charge in [0, 0.05) is 5.92 Å². The molecule has 0 radical (unpaired) electrons. The third kappa shape index (κ3) is 3.75. The lowest BCUT2D eigenvalue weighted by molar-refractivity contribution is 0.247. The number of rotatable bonds is 6. The molecule has 18 heavy (non-hydrogen) atoms. The maximum absolute atomic E-state index is 14.4. The summed E-state index contributed by atoms with van der Waals surface area (Å²) in [6.45, 7) is 7.22. The van der Waals surface area contributed by atoms with Crippen LogP contribution in [-0.4, -0.2) is 8.96 Å². The Morgan fingerprint density at radius 3 is 2.44 bits per heavy atom. The zero-order valence-corrected chi connectivity index (χ0v) is 11.6. The summed E-state index contributed by atoms with van der Waals surface area (Å²) >= 11 is 0. The highest BCUT2D eigenvalue weighted by atomic mass is 32.2. The Balaban J connectivity index is 2.85. The molecule has 0 saturated carbocycles. The van der Waals surface area contributed by atoms with Gasteiger partial charge in [0.05, 0.1) is 15.7 Å². The lowest BCUT2D eigenvalue weighted by atomic mass is 9.89. The van der Waals surface area contributed by atoms with E-state index < -0.39 is 27.8 Å². The molecule has 2 N–H and O–H groups in total. The van der Waals surface area contributed by atoms with Gasteiger partial charge >= 0.3 is 0 Å². The van der Waals surface area contributed by atoms with Crippen LogP contribution in [0.4, 0.5) is 4.39 Å². The first-order valence-electron chi connectivity index (χ1n) is 5.86. The van der Waals surface area contributed by atoms with Crippen LogP contribution in [0, 0.1) is 5.92 Å². The summed E-state index contributed by atoms with van der Waals surface area (Å²) in [6, 6.07) is 8.93. The highest BCUT2D eigenvalue weighted by Crippen LogP contribution is 2.34. The molecule has 0 aliphatic heterocycles. The van der Waals surface area contributed by atoms with E-state index >= 15 is 0 Å². The van der Waals surface area contributed by atoms with Crippen LogP contribution < -0.4 is 5.14 Å². The van der Waals surface area contributed by atoms with Gasteiger partial charge in [0.25, 0.3) is 0 Å². The summed E-state index contributed by atoms with van der Waals surface area (Å²) in [4.78, 5) is 0. The minimum absolute atomic E-state index is 0.394. The van der Waals surface area contributed by atoms with E-state index in [9.17, 15) is 8.60 Å². The van der Waals surface area contributed by atoms with Gasteiger partial charge in [0.15, 0.2) is 0 Å². The van der Waals surface area contributed by atoms with Crippen molar-refractivity contribution in [1.29, 1.82) is 0 Å². The van der Waals surface area contributed by atoms with Crippen molar-refractivity contribution in [2.75, 3.05) is 0 Å². The van der Waals surface area contributed by atoms with Crippen molar-refractivity contribution in [3.05, 3.63) is 48.6 Å². The molecule has 0 fully saturated rings. The topological polar surface area (TPSA) is 43.1 Å². The molecule has 1 rings (SSSR count). The van der Waals surface area contributed by atoms with Gasteiger partial charge in [-0.15, -0.1) is 6.58 Å². The predicted octanol–water partition coefficient (Wildman–Crippen LogP) is 3.29. The summed E-state index contributed by atoms with van der Waals surface area (Å²) in [5, 5.41) is 5.43. The summed E-state index contributed by atoms with van der Waals surface area (Å²) in [5.74, 6) is -0.394. The Morgan fingerprint density at radius 1 is 1.44 bits per heavy atom. The van der Waals surface area contributed by atoms with Crippen LogP contribution in [0.2, 0.25) is 0 Å². The molecule has 0 aliphatic rings. The SMILES string of the molecule is C=CC(CC(C)(C)S(N)=O)[C@@H](F)c1ccccc1. The molecule has 0 spiro atoms. The zero-order valence-electron chi connectivity index (χ0n) is 10.8. The van der Waals surface area contributed by atoms with E-state index in [0.29, 0.717) is 12.0 Å². The van der Waals surface area contributed by atoms with Crippen molar-refractivity contribution in [2.45, 2.75) is 31.2 Å². The van der Waals surface area contributed by atoms with Crippen LogP contribution in [0.25, 0.3) is 0 Å². The first-order valence-corrected chi connectivity index (χ1v) is 7.07. The zero-order chi connectivity index (χ0) is 13.8. The van der Waals surface area contributed by atoms with Gasteiger partial charge in [0.2, 0.25) is 0 Å². The minimum Gasteiger partial charge on any atom is -0.251 e. The number of allylic oxidation sites excluding steroid dienone is 1. The Hall–Kier alpha value is -1.00. The number of hydrogen-bond acceptors (Lipinski definition) is 1. The number of hydrogen-bond donors (Lipinski definition) is 1. The molecular formula is C14H20FNOS. The molecule has 0 aliphatic carbocycles. The van der Waals surface area contributed by atoms with Crippen molar-refractivity contribution in [3.8, 4) is 0 Å². The van der Waals surface area contributed by atoms with Crippen LogP contribution in [0.15, 0.2) is 43.0 Å².